The smallest absolute Gasteiger partial charge is 0.338 e. The molecule has 0 radical (unpaired) electrons. The van der Waals surface area contributed by atoms with Crippen molar-refractivity contribution in [3.63, 3.8) is 0 Å². The fourth-order valence-corrected chi connectivity index (χ4v) is 2.44. The second kappa shape index (κ2) is 11.5. The van der Waals surface area contributed by atoms with Gasteiger partial charge in [-0.1, -0.05) is 13.8 Å². The van der Waals surface area contributed by atoms with Gasteiger partial charge in [-0.2, -0.15) is 0 Å². The Kier molecular flexibility index (Phi) is 8.69. The molecule has 0 aliphatic heterocycles. The van der Waals surface area contributed by atoms with E-state index in [1.807, 2.05) is 13.8 Å². The summed E-state index contributed by atoms with van der Waals surface area (Å²) in [5, 5.41) is 8.58. The Morgan fingerprint density at radius 3 is 2.07 bits per heavy atom. The number of nitrogens with one attached hydrogen (secondary N) is 3. The molecule has 3 N–H and O–H groups in total. The first-order valence-corrected chi connectivity index (χ1v) is 9.72. The lowest BCUT2D eigenvalue weighted by atomic mass is 10.2. The van der Waals surface area contributed by atoms with E-state index in [2.05, 4.69) is 16.0 Å². The van der Waals surface area contributed by atoms with E-state index >= 15 is 0 Å². The lowest BCUT2D eigenvalue weighted by Crippen LogP contribution is -2.24. The van der Waals surface area contributed by atoms with Crippen molar-refractivity contribution in [1.29, 1.82) is 0 Å². The molecule has 2 aromatic carbocycles. The van der Waals surface area contributed by atoms with E-state index in [1.165, 1.54) is 0 Å². The van der Waals surface area contributed by atoms with Crippen LogP contribution in [0.3, 0.4) is 0 Å². The number of rotatable bonds is 10. The van der Waals surface area contributed by atoms with E-state index in [4.69, 9.17) is 4.74 Å². The topological polar surface area (TPSA) is 96.5 Å². The van der Waals surface area contributed by atoms with Crippen molar-refractivity contribution in [2.45, 2.75) is 26.7 Å². The molecule has 0 aliphatic rings. The fraction of sp³-hybridized carbons (Fsp3) is 0.318. The zero-order chi connectivity index (χ0) is 21.1. The van der Waals surface area contributed by atoms with Crippen molar-refractivity contribution < 1.29 is 19.1 Å². The van der Waals surface area contributed by atoms with Gasteiger partial charge in [-0.3, -0.25) is 9.59 Å². The lowest BCUT2D eigenvalue weighted by Gasteiger charge is -2.09. The summed E-state index contributed by atoms with van der Waals surface area (Å²) in [6, 6.07) is 13.5. The van der Waals surface area contributed by atoms with Gasteiger partial charge in [0.25, 0.3) is 5.91 Å². The van der Waals surface area contributed by atoms with E-state index in [0.29, 0.717) is 30.0 Å². The van der Waals surface area contributed by atoms with E-state index < -0.39 is 0 Å². The number of esters is 1. The molecule has 2 rings (SSSR count). The van der Waals surface area contributed by atoms with Gasteiger partial charge in [-0.25, -0.2) is 4.79 Å². The number of hydrogen-bond donors (Lipinski definition) is 3. The first kappa shape index (κ1) is 21.9. The van der Waals surface area contributed by atoms with Gasteiger partial charge >= 0.3 is 5.97 Å². The molecule has 0 aliphatic carbocycles. The van der Waals surface area contributed by atoms with Gasteiger partial charge < -0.3 is 20.7 Å². The van der Waals surface area contributed by atoms with Gasteiger partial charge in [0.15, 0.2) is 0 Å². The van der Waals surface area contributed by atoms with Crippen molar-refractivity contribution in [3.05, 3.63) is 59.7 Å². The third-order valence-electron chi connectivity index (χ3n) is 3.98. The maximum atomic E-state index is 12.1. The molecule has 0 saturated carbocycles. The van der Waals surface area contributed by atoms with E-state index in [1.54, 1.807) is 48.5 Å². The summed E-state index contributed by atoms with van der Waals surface area (Å²) in [4.78, 5) is 35.8. The minimum Gasteiger partial charge on any atom is -0.462 e. The molecule has 0 spiro atoms. The Hall–Kier alpha value is -3.35. The van der Waals surface area contributed by atoms with Gasteiger partial charge in [0.1, 0.15) is 0 Å². The average Bonchev–Trinajstić information content (AvgIpc) is 2.75. The number of ether oxygens (including phenoxy) is 1. The Morgan fingerprint density at radius 2 is 1.45 bits per heavy atom. The highest BCUT2D eigenvalue weighted by Crippen LogP contribution is 2.12. The van der Waals surface area contributed by atoms with E-state index in [-0.39, 0.29) is 24.3 Å². The van der Waals surface area contributed by atoms with Crippen LogP contribution in [0.4, 0.5) is 11.4 Å². The predicted molar refractivity (Wildman–Crippen MR) is 113 cm³/mol. The molecule has 154 valence electrons. The van der Waals surface area contributed by atoms with Gasteiger partial charge in [0.2, 0.25) is 5.91 Å². The van der Waals surface area contributed by atoms with Gasteiger partial charge in [0, 0.05) is 23.5 Å². The summed E-state index contributed by atoms with van der Waals surface area (Å²) >= 11 is 0. The van der Waals surface area contributed by atoms with E-state index in [9.17, 15) is 14.4 Å². The SMILES string of the molecule is CCCNC(=O)c1ccc(NCC(=O)Nc2ccc(C(=O)OCCC)cc2)cc1. The lowest BCUT2D eigenvalue weighted by molar-refractivity contribution is -0.114. The first-order valence-electron chi connectivity index (χ1n) is 9.72. The molecule has 0 aromatic heterocycles. The Balaban J connectivity index is 1.80. The van der Waals surface area contributed by atoms with Crippen molar-refractivity contribution >= 4 is 29.2 Å². The van der Waals surface area contributed by atoms with Gasteiger partial charge in [-0.05, 0) is 61.4 Å². The van der Waals surface area contributed by atoms with Crippen LogP contribution < -0.4 is 16.0 Å². The number of anilines is 2. The molecule has 7 nitrogen and oxygen atoms in total. The molecular weight excluding hydrogens is 370 g/mol. The Bertz CT molecular complexity index is 817. The monoisotopic (exact) mass is 397 g/mol. The normalized spacial score (nSPS) is 10.1. The molecule has 0 bridgehead atoms. The number of hydrogen-bond acceptors (Lipinski definition) is 5. The van der Waals surface area contributed by atoms with Crippen LogP contribution in [0, 0.1) is 0 Å². The highest BCUT2D eigenvalue weighted by atomic mass is 16.5. The summed E-state index contributed by atoms with van der Waals surface area (Å²) < 4.78 is 5.07. The molecule has 0 unspecified atom stereocenters. The van der Waals surface area contributed by atoms with Crippen LogP contribution >= 0.6 is 0 Å². The second-order valence-corrected chi connectivity index (χ2v) is 6.45. The molecular formula is C22H27N3O4. The zero-order valence-electron chi connectivity index (χ0n) is 16.8. The number of carbonyl (C=O) groups is 3. The largest absolute Gasteiger partial charge is 0.462 e. The second-order valence-electron chi connectivity index (χ2n) is 6.45. The summed E-state index contributed by atoms with van der Waals surface area (Å²) in [7, 11) is 0. The molecule has 0 atom stereocenters. The third kappa shape index (κ3) is 7.29. The van der Waals surface area contributed by atoms with Crippen LogP contribution in [-0.4, -0.2) is 37.5 Å². The minimum atomic E-state index is -0.377. The highest BCUT2D eigenvalue weighted by Gasteiger charge is 2.08. The van der Waals surface area contributed by atoms with Crippen LogP contribution in [0.15, 0.2) is 48.5 Å². The van der Waals surface area contributed by atoms with Crippen molar-refractivity contribution in [3.8, 4) is 0 Å². The summed E-state index contributed by atoms with van der Waals surface area (Å²) in [5.41, 5.74) is 2.34. The maximum absolute atomic E-state index is 12.1. The molecule has 0 fully saturated rings. The standard InChI is InChI=1S/C22H27N3O4/c1-3-13-23-21(27)16-5-9-18(10-6-16)24-15-20(26)25-19-11-7-17(8-12-19)22(28)29-14-4-2/h5-12,24H,3-4,13-15H2,1-2H3,(H,23,27)(H,25,26). The zero-order valence-corrected chi connectivity index (χ0v) is 16.8. The van der Waals surface area contributed by atoms with Crippen LogP contribution in [0.25, 0.3) is 0 Å². The number of benzene rings is 2. The summed E-state index contributed by atoms with van der Waals surface area (Å²) in [5.74, 6) is -0.715. The summed E-state index contributed by atoms with van der Waals surface area (Å²) in [6.45, 7) is 5.02. The first-order chi connectivity index (χ1) is 14.0. The van der Waals surface area contributed by atoms with Crippen molar-refractivity contribution in [2.75, 3.05) is 30.3 Å². The quantitative estimate of drug-likeness (QED) is 0.534. The predicted octanol–water partition coefficient (Wildman–Crippen LogP) is 3.44. The van der Waals surface area contributed by atoms with Crippen molar-refractivity contribution in [2.24, 2.45) is 0 Å². The molecule has 0 heterocycles. The summed E-state index contributed by atoms with van der Waals surface area (Å²) in [6.07, 6.45) is 1.65. The van der Waals surface area contributed by atoms with Crippen LogP contribution in [-0.2, 0) is 9.53 Å². The maximum Gasteiger partial charge on any atom is 0.338 e. The Labute approximate surface area is 170 Å². The van der Waals surface area contributed by atoms with Gasteiger partial charge in [0.05, 0.1) is 18.7 Å². The third-order valence-corrected chi connectivity index (χ3v) is 3.98. The molecule has 0 saturated heterocycles. The average molecular weight is 397 g/mol. The number of carbonyl (C=O) groups excluding carboxylic acids is 3. The Morgan fingerprint density at radius 1 is 0.828 bits per heavy atom. The van der Waals surface area contributed by atoms with Crippen LogP contribution in [0.2, 0.25) is 0 Å². The molecule has 2 amide bonds. The van der Waals surface area contributed by atoms with Crippen LogP contribution in [0.1, 0.15) is 47.4 Å². The van der Waals surface area contributed by atoms with Crippen molar-refractivity contribution in [1.82, 2.24) is 5.32 Å². The minimum absolute atomic E-state index is 0.0711. The fourth-order valence-electron chi connectivity index (χ4n) is 2.44. The molecule has 29 heavy (non-hydrogen) atoms. The van der Waals surface area contributed by atoms with Crippen LogP contribution in [0.5, 0.6) is 0 Å². The molecule has 7 heteroatoms. The highest BCUT2D eigenvalue weighted by molar-refractivity contribution is 5.96. The molecule has 2 aromatic rings. The number of amides is 2. The van der Waals surface area contributed by atoms with E-state index in [0.717, 1.165) is 18.5 Å². The van der Waals surface area contributed by atoms with Gasteiger partial charge in [-0.15, -0.1) is 0 Å².